The summed E-state index contributed by atoms with van der Waals surface area (Å²) in [5, 5.41) is 3.27. The van der Waals surface area contributed by atoms with E-state index < -0.39 is 0 Å². The molecule has 2 aromatic carbocycles. The fourth-order valence-electron chi connectivity index (χ4n) is 3.24. The maximum absolute atomic E-state index is 6.10. The van der Waals surface area contributed by atoms with Crippen LogP contribution in [0.1, 0.15) is 35.6 Å². The van der Waals surface area contributed by atoms with Crippen LogP contribution in [-0.4, -0.2) is 19.6 Å². The molecular weight excluding hydrogens is 298 g/mol. The first-order chi connectivity index (χ1) is 11.8. The molecule has 0 spiro atoms. The van der Waals surface area contributed by atoms with Crippen molar-refractivity contribution in [3.63, 3.8) is 0 Å². The van der Waals surface area contributed by atoms with Crippen LogP contribution in [0.3, 0.4) is 0 Å². The lowest BCUT2D eigenvalue weighted by Crippen LogP contribution is -2.25. The van der Waals surface area contributed by atoms with E-state index in [1.807, 2.05) is 30.3 Å². The second kappa shape index (κ2) is 7.97. The Balaban J connectivity index is 1.68. The number of nitrogens with two attached hydrogens (primary N) is 1. The van der Waals surface area contributed by atoms with Crippen molar-refractivity contribution < 1.29 is 4.74 Å². The van der Waals surface area contributed by atoms with Crippen LogP contribution in [0.4, 0.5) is 5.69 Å². The van der Waals surface area contributed by atoms with E-state index in [0.717, 1.165) is 24.1 Å². The van der Waals surface area contributed by atoms with Crippen molar-refractivity contribution in [3.8, 4) is 0 Å². The lowest BCUT2D eigenvalue weighted by Gasteiger charge is -2.20. The van der Waals surface area contributed by atoms with Crippen LogP contribution in [0.15, 0.2) is 53.5 Å². The second-order valence-electron chi connectivity index (χ2n) is 6.14. The summed E-state index contributed by atoms with van der Waals surface area (Å²) >= 11 is 0. The number of fused-ring (bicyclic) bond motifs is 1. The number of anilines is 1. The van der Waals surface area contributed by atoms with Crippen LogP contribution in [0.2, 0.25) is 0 Å². The highest BCUT2D eigenvalue weighted by Gasteiger charge is 2.14. The van der Waals surface area contributed by atoms with E-state index >= 15 is 0 Å². The highest BCUT2D eigenvalue weighted by Crippen LogP contribution is 2.27. The molecule has 4 heteroatoms. The Hall–Kier alpha value is -2.33. The molecule has 1 unspecified atom stereocenters. The molecule has 0 aromatic heterocycles. The Kier molecular flexibility index (Phi) is 5.49. The molecule has 3 N–H and O–H groups in total. The zero-order chi connectivity index (χ0) is 16.8. The number of hydrogen-bond acceptors (Lipinski definition) is 2. The molecule has 3 rings (SSSR count). The average molecular weight is 323 g/mol. The molecule has 0 saturated carbocycles. The van der Waals surface area contributed by atoms with Crippen LogP contribution in [0, 0.1) is 0 Å². The van der Waals surface area contributed by atoms with Gasteiger partial charge in [-0.2, -0.15) is 0 Å². The number of methoxy groups -OCH3 is 1. The normalized spacial score (nSPS) is 15.6. The van der Waals surface area contributed by atoms with Gasteiger partial charge in [0, 0.05) is 12.8 Å². The van der Waals surface area contributed by atoms with Crippen LogP contribution < -0.4 is 11.1 Å². The number of ether oxygens (including phenoxy) is 1. The molecule has 0 aliphatic heterocycles. The van der Waals surface area contributed by atoms with E-state index in [-0.39, 0.29) is 6.10 Å². The molecule has 126 valence electrons. The Bertz CT molecular complexity index is 697. The number of nitrogens with one attached hydrogen (secondary N) is 1. The van der Waals surface area contributed by atoms with Crippen LogP contribution in [0.5, 0.6) is 0 Å². The molecule has 0 saturated heterocycles. The van der Waals surface area contributed by atoms with E-state index in [1.54, 1.807) is 7.11 Å². The van der Waals surface area contributed by atoms with Gasteiger partial charge in [-0.05, 0) is 48.4 Å². The van der Waals surface area contributed by atoms with Crippen molar-refractivity contribution in [1.82, 2.24) is 0 Å². The molecule has 1 atom stereocenters. The van der Waals surface area contributed by atoms with Gasteiger partial charge in [0.2, 0.25) is 0 Å². The number of aliphatic imine (C=N–C) groups is 1. The van der Waals surface area contributed by atoms with Crippen LogP contribution >= 0.6 is 0 Å². The summed E-state index contributed by atoms with van der Waals surface area (Å²) in [5.74, 6) is 0.437. The standard InChI is InChI=1S/C20H25N3O/c1-24-19(16-9-3-2-4-10-16)14-22-20(21)23-18-13-7-11-15-8-5-6-12-17(15)18/h2-4,7,9-11,13,19H,5-6,8,12,14H2,1H3,(H3,21,22,23). The first-order valence-corrected chi connectivity index (χ1v) is 8.53. The van der Waals surface area contributed by atoms with Gasteiger partial charge in [-0.3, -0.25) is 4.99 Å². The van der Waals surface area contributed by atoms with Gasteiger partial charge < -0.3 is 15.8 Å². The van der Waals surface area contributed by atoms with E-state index in [1.165, 1.54) is 24.0 Å². The Morgan fingerprint density at radius 3 is 2.71 bits per heavy atom. The minimum Gasteiger partial charge on any atom is -0.375 e. The van der Waals surface area contributed by atoms with Crippen LogP contribution in [-0.2, 0) is 17.6 Å². The average Bonchev–Trinajstić information content (AvgIpc) is 2.63. The molecule has 0 fully saturated rings. The monoisotopic (exact) mass is 323 g/mol. The SMILES string of the molecule is COC(CN=C(N)Nc1cccc2c1CCCC2)c1ccccc1. The summed E-state index contributed by atoms with van der Waals surface area (Å²) < 4.78 is 5.54. The summed E-state index contributed by atoms with van der Waals surface area (Å²) in [7, 11) is 1.70. The quantitative estimate of drug-likeness (QED) is 0.652. The molecule has 2 aromatic rings. The minimum absolute atomic E-state index is 0.0868. The molecule has 1 aliphatic rings. The van der Waals surface area contributed by atoms with Crippen LogP contribution in [0.25, 0.3) is 0 Å². The molecule has 4 nitrogen and oxygen atoms in total. The minimum atomic E-state index is -0.0868. The second-order valence-corrected chi connectivity index (χ2v) is 6.14. The van der Waals surface area contributed by atoms with Crippen molar-refractivity contribution in [2.45, 2.75) is 31.8 Å². The number of rotatable bonds is 5. The van der Waals surface area contributed by atoms with Gasteiger partial charge in [0.05, 0.1) is 6.54 Å². The van der Waals surface area contributed by atoms with E-state index in [9.17, 15) is 0 Å². The summed E-state index contributed by atoms with van der Waals surface area (Å²) in [4.78, 5) is 4.47. The van der Waals surface area contributed by atoms with Crippen molar-refractivity contribution in [3.05, 3.63) is 65.2 Å². The molecule has 0 amide bonds. The Morgan fingerprint density at radius 1 is 1.12 bits per heavy atom. The van der Waals surface area contributed by atoms with Gasteiger partial charge >= 0.3 is 0 Å². The van der Waals surface area contributed by atoms with Crippen molar-refractivity contribution in [2.75, 3.05) is 19.0 Å². The molecule has 24 heavy (non-hydrogen) atoms. The van der Waals surface area contributed by atoms with E-state index in [4.69, 9.17) is 10.5 Å². The predicted octanol–water partition coefficient (Wildman–Crippen LogP) is 3.68. The number of hydrogen-bond donors (Lipinski definition) is 2. The van der Waals surface area contributed by atoms with Gasteiger partial charge in [0.1, 0.15) is 6.10 Å². The number of aryl methyl sites for hydroxylation is 1. The summed E-state index contributed by atoms with van der Waals surface area (Å²) in [6.07, 6.45) is 4.68. The zero-order valence-corrected chi connectivity index (χ0v) is 14.2. The highest BCUT2D eigenvalue weighted by atomic mass is 16.5. The third kappa shape index (κ3) is 3.95. The number of guanidine groups is 1. The molecule has 1 aliphatic carbocycles. The summed E-state index contributed by atoms with van der Waals surface area (Å²) in [5.41, 5.74) is 11.1. The first-order valence-electron chi connectivity index (χ1n) is 8.53. The van der Waals surface area contributed by atoms with Gasteiger partial charge in [-0.15, -0.1) is 0 Å². The fourth-order valence-corrected chi connectivity index (χ4v) is 3.24. The highest BCUT2D eigenvalue weighted by molar-refractivity contribution is 5.93. The fraction of sp³-hybridized carbons (Fsp3) is 0.350. The van der Waals surface area contributed by atoms with Crippen molar-refractivity contribution >= 4 is 11.6 Å². The van der Waals surface area contributed by atoms with Crippen molar-refractivity contribution in [2.24, 2.45) is 10.7 Å². The van der Waals surface area contributed by atoms with Crippen molar-refractivity contribution in [1.29, 1.82) is 0 Å². The largest absolute Gasteiger partial charge is 0.375 e. The van der Waals surface area contributed by atoms with E-state index in [0.29, 0.717) is 12.5 Å². The maximum Gasteiger partial charge on any atom is 0.193 e. The smallest absolute Gasteiger partial charge is 0.193 e. The molecule has 0 heterocycles. The zero-order valence-electron chi connectivity index (χ0n) is 14.2. The van der Waals surface area contributed by atoms with Gasteiger partial charge in [-0.1, -0.05) is 42.5 Å². The molecule has 0 bridgehead atoms. The van der Waals surface area contributed by atoms with Gasteiger partial charge in [-0.25, -0.2) is 0 Å². The van der Waals surface area contributed by atoms with E-state index in [2.05, 4.69) is 28.5 Å². The summed E-state index contributed by atoms with van der Waals surface area (Å²) in [6, 6.07) is 16.5. The molecular formula is C20H25N3O. The number of nitrogens with zero attached hydrogens (tertiary/aromatic N) is 1. The maximum atomic E-state index is 6.10. The third-order valence-corrected chi connectivity index (χ3v) is 4.54. The Morgan fingerprint density at radius 2 is 1.92 bits per heavy atom. The topological polar surface area (TPSA) is 59.6 Å². The Labute approximate surface area is 143 Å². The molecule has 0 radical (unpaired) electrons. The summed E-state index contributed by atoms with van der Waals surface area (Å²) in [6.45, 7) is 0.494. The first kappa shape index (κ1) is 16.5. The lowest BCUT2D eigenvalue weighted by atomic mass is 9.90. The van der Waals surface area contributed by atoms with Gasteiger partial charge in [0.15, 0.2) is 5.96 Å². The van der Waals surface area contributed by atoms with Gasteiger partial charge in [0.25, 0.3) is 0 Å². The lowest BCUT2D eigenvalue weighted by molar-refractivity contribution is 0.111. The predicted molar refractivity (Wildman–Crippen MR) is 99.4 cm³/mol. The third-order valence-electron chi connectivity index (χ3n) is 4.54. The number of benzene rings is 2.